The lowest BCUT2D eigenvalue weighted by molar-refractivity contribution is -0.270. The maximum absolute atomic E-state index is 12.1. The van der Waals surface area contributed by atoms with Crippen molar-refractivity contribution in [3.05, 3.63) is 0 Å². The van der Waals surface area contributed by atoms with Crippen LogP contribution in [0.2, 0.25) is 0 Å². The van der Waals surface area contributed by atoms with Crippen molar-refractivity contribution in [2.24, 2.45) is 0 Å². The van der Waals surface area contributed by atoms with Crippen molar-refractivity contribution < 1.29 is 23.9 Å². The van der Waals surface area contributed by atoms with Gasteiger partial charge in [0.2, 0.25) is 5.79 Å². The first-order chi connectivity index (χ1) is 9.04. The van der Waals surface area contributed by atoms with Gasteiger partial charge in [0.15, 0.2) is 0 Å². The molecule has 106 valence electrons. The van der Waals surface area contributed by atoms with Crippen LogP contribution in [0.4, 0.5) is 0 Å². The third-order valence-corrected chi connectivity index (χ3v) is 4.00. The van der Waals surface area contributed by atoms with Crippen molar-refractivity contribution in [3.63, 3.8) is 0 Å². The summed E-state index contributed by atoms with van der Waals surface area (Å²) in [5.74, 6) is -2.57. The molecular weight excluding hydrogens is 250 g/mol. The molecule has 0 aromatic heterocycles. The topological polar surface area (TPSA) is 73.9 Å². The monoisotopic (exact) mass is 269 g/mol. The Kier molecular flexibility index (Phi) is 3.11. The zero-order chi connectivity index (χ0) is 13.5. The number of hydrogen-bond acceptors (Lipinski definition) is 6. The number of ketones is 1. The highest BCUT2D eigenvalue weighted by Gasteiger charge is 2.62. The molecule has 2 aliphatic heterocycles. The lowest BCUT2D eigenvalue weighted by atomic mass is 9.94. The summed E-state index contributed by atoms with van der Waals surface area (Å²) in [4.78, 5) is 28.6. The molecule has 0 aromatic rings. The maximum Gasteiger partial charge on any atom is 0.371 e. The highest BCUT2D eigenvalue weighted by Crippen LogP contribution is 2.46. The third-order valence-electron chi connectivity index (χ3n) is 4.00. The molecule has 19 heavy (non-hydrogen) atoms. The Labute approximate surface area is 111 Å². The van der Waals surface area contributed by atoms with Gasteiger partial charge >= 0.3 is 5.97 Å². The number of Topliss-reactive ketones (excluding diaryl/α,β-unsaturated/α-hetero) is 1. The highest BCUT2D eigenvalue weighted by atomic mass is 16.9. The van der Waals surface area contributed by atoms with Crippen LogP contribution >= 0.6 is 0 Å². The van der Waals surface area contributed by atoms with Crippen molar-refractivity contribution in [3.8, 4) is 0 Å². The first kappa shape index (κ1) is 13.0. The van der Waals surface area contributed by atoms with Gasteiger partial charge in [-0.15, -0.1) is 0 Å². The SMILES string of the molecule is CC(=O)C[C@@H]1CC2(ON1)OC1(CCCCC1)OC2=O. The summed E-state index contributed by atoms with van der Waals surface area (Å²) in [5.41, 5.74) is 2.73. The minimum atomic E-state index is -1.35. The molecule has 2 atom stereocenters. The lowest BCUT2D eigenvalue weighted by Crippen LogP contribution is -2.39. The second-order valence-corrected chi connectivity index (χ2v) is 5.74. The van der Waals surface area contributed by atoms with E-state index in [4.69, 9.17) is 14.3 Å². The predicted molar refractivity (Wildman–Crippen MR) is 63.6 cm³/mol. The summed E-state index contributed by atoms with van der Waals surface area (Å²) in [7, 11) is 0. The van der Waals surface area contributed by atoms with E-state index in [1.807, 2.05) is 0 Å². The molecule has 3 rings (SSSR count). The number of carbonyl (C=O) groups excluding carboxylic acids is 2. The molecule has 0 bridgehead atoms. The van der Waals surface area contributed by atoms with Gasteiger partial charge in [0.25, 0.3) is 5.79 Å². The van der Waals surface area contributed by atoms with E-state index in [9.17, 15) is 9.59 Å². The van der Waals surface area contributed by atoms with E-state index < -0.39 is 17.5 Å². The van der Waals surface area contributed by atoms with Crippen molar-refractivity contribution in [2.75, 3.05) is 0 Å². The second kappa shape index (κ2) is 4.54. The van der Waals surface area contributed by atoms with E-state index in [1.165, 1.54) is 6.92 Å². The van der Waals surface area contributed by atoms with E-state index in [0.717, 1.165) is 32.1 Å². The molecule has 6 heteroatoms. The number of hydrogen-bond donors (Lipinski definition) is 1. The lowest BCUT2D eigenvalue weighted by Gasteiger charge is -2.31. The summed E-state index contributed by atoms with van der Waals surface area (Å²) < 4.78 is 11.4. The Morgan fingerprint density at radius 3 is 2.79 bits per heavy atom. The highest BCUT2D eigenvalue weighted by molar-refractivity contribution is 5.81. The molecule has 1 unspecified atom stereocenters. The first-order valence-electron chi connectivity index (χ1n) is 6.90. The minimum absolute atomic E-state index is 0.0527. The van der Waals surface area contributed by atoms with Gasteiger partial charge in [-0.1, -0.05) is 6.42 Å². The summed E-state index contributed by atoms with van der Waals surface area (Å²) in [5, 5.41) is 0. The zero-order valence-corrected chi connectivity index (χ0v) is 11.1. The van der Waals surface area contributed by atoms with Gasteiger partial charge in [-0.05, 0) is 19.8 Å². The minimum Gasteiger partial charge on any atom is -0.429 e. The molecule has 1 N–H and O–H groups in total. The molecule has 1 aliphatic carbocycles. The first-order valence-corrected chi connectivity index (χ1v) is 6.90. The van der Waals surface area contributed by atoms with Crippen LogP contribution in [0.1, 0.15) is 51.9 Å². The molecule has 2 spiro atoms. The zero-order valence-electron chi connectivity index (χ0n) is 11.1. The summed E-state index contributed by atoms with van der Waals surface area (Å²) in [6.07, 6.45) is 5.23. The van der Waals surface area contributed by atoms with Crippen molar-refractivity contribution in [2.45, 2.75) is 69.5 Å². The van der Waals surface area contributed by atoms with Crippen molar-refractivity contribution in [1.29, 1.82) is 0 Å². The number of esters is 1. The normalized spacial score (nSPS) is 36.9. The van der Waals surface area contributed by atoms with E-state index in [0.29, 0.717) is 12.8 Å². The van der Waals surface area contributed by atoms with Crippen LogP contribution in [0.25, 0.3) is 0 Å². The molecule has 6 nitrogen and oxygen atoms in total. The summed E-state index contributed by atoms with van der Waals surface area (Å²) >= 11 is 0. The molecule has 0 radical (unpaired) electrons. The van der Waals surface area contributed by atoms with E-state index >= 15 is 0 Å². The number of carbonyl (C=O) groups is 2. The van der Waals surface area contributed by atoms with Crippen molar-refractivity contribution in [1.82, 2.24) is 5.48 Å². The molecule has 3 fully saturated rings. The predicted octanol–water partition coefficient (Wildman–Crippen LogP) is 1.19. The van der Waals surface area contributed by atoms with Gasteiger partial charge in [-0.25, -0.2) is 4.79 Å². The van der Waals surface area contributed by atoms with Crippen LogP contribution in [-0.2, 0) is 23.9 Å². The van der Waals surface area contributed by atoms with E-state index in [1.54, 1.807) is 0 Å². The van der Waals surface area contributed by atoms with Gasteiger partial charge in [0, 0.05) is 31.7 Å². The van der Waals surface area contributed by atoms with Crippen molar-refractivity contribution >= 4 is 11.8 Å². The summed E-state index contributed by atoms with van der Waals surface area (Å²) in [6.45, 7) is 1.52. The fraction of sp³-hybridized carbons (Fsp3) is 0.846. The van der Waals surface area contributed by atoms with Crippen LogP contribution in [0.5, 0.6) is 0 Å². The van der Waals surface area contributed by atoms with Gasteiger partial charge in [0.1, 0.15) is 5.78 Å². The largest absolute Gasteiger partial charge is 0.429 e. The fourth-order valence-corrected chi connectivity index (χ4v) is 3.14. The van der Waals surface area contributed by atoms with Gasteiger partial charge in [-0.2, -0.15) is 5.48 Å². The standard InChI is InChI=1S/C13H19NO5/c1-9(15)7-10-8-13(19-14-10)11(16)17-12(18-13)5-3-2-4-6-12/h10,14H,2-8H2,1H3/t10-,13?/m1/s1. The Hall–Kier alpha value is -0.980. The van der Waals surface area contributed by atoms with E-state index in [2.05, 4.69) is 5.48 Å². The molecule has 0 amide bonds. The van der Waals surface area contributed by atoms with Gasteiger partial charge < -0.3 is 4.74 Å². The molecule has 3 aliphatic rings. The van der Waals surface area contributed by atoms with Gasteiger partial charge in [0.05, 0.1) is 0 Å². The summed E-state index contributed by atoms with van der Waals surface area (Å²) in [6, 6.07) is -0.191. The Bertz CT molecular complexity index is 404. The molecule has 1 saturated carbocycles. The average Bonchev–Trinajstić information content (AvgIpc) is 2.83. The van der Waals surface area contributed by atoms with E-state index in [-0.39, 0.29) is 11.8 Å². The Balaban J connectivity index is 1.71. The third kappa shape index (κ3) is 2.28. The molecule has 0 aromatic carbocycles. The number of rotatable bonds is 2. The quantitative estimate of drug-likeness (QED) is 0.759. The second-order valence-electron chi connectivity index (χ2n) is 5.74. The maximum atomic E-state index is 12.1. The number of ether oxygens (including phenoxy) is 2. The van der Waals surface area contributed by atoms with Crippen LogP contribution < -0.4 is 5.48 Å². The fourth-order valence-electron chi connectivity index (χ4n) is 3.14. The molecule has 2 saturated heterocycles. The average molecular weight is 269 g/mol. The van der Waals surface area contributed by atoms with Crippen LogP contribution in [0.3, 0.4) is 0 Å². The smallest absolute Gasteiger partial charge is 0.371 e. The molecule has 2 heterocycles. The Morgan fingerprint density at radius 2 is 2.11 bits per heavy atom. The van der Waals surface area contributed by atoms with Gasteiger partial charge in [-0.3, -0.25) is 14.4 Å². The van der Waals surface area contributed by atoms with Crippen LogP contribution in [0, 0.1) is 0 Å². The van der Waals surface area contributed by atoms with Crippen LogP contribution in [-0.4, -0.2) is 29.4 Å². The number of nitrogens with one attached hydrogen (secondary N) is 1. The number of hydroxylamine groups is 1. The Morgan fingerprint density at radius 1 is 1.37 bits per heavy atom. The van der Waals surface area contributed by atoms with Crippen LogP contribution in [0.15, 0.2) is 0 Å². The molecular formula is C13H19NO5.